The number of fused-ring (bicyclic) bond motifs is 1. The standard InChI is InChI=1S/C16H21NO3/c18-16(11-5-7-19-9-11)17-14-12-6-8-20-15(12)13(14)10-3-1-2-4-10/h5,7,9-10,12-15H,1-4,6,8H2,(H,17,18)/t12-,13+,14+,15-/m0/s1. The van der Waals surface area contributed by atoms with Gasteiger partial charge in [0.1, 0.15) is 6.26 Å². The summed E-state index contributed by atoms with van der Waals surface area (Å²) < 4.78 is 10.9. The molecule has 4 rings (SSSR count). The molecule has 2 saturated carbocycles. The molecule has 2 aliphatic carbocycles. The summed E-state index contributed by atoms with van der Waals surface area (Å²) in [5, 5.41) is 3.24. The van der Waals surface area contributed by atoms with Gasteiger partial charge in [0.15, 0.2) is 0 Å². The molecule has 0 aromatic carbocycles. The van der Waals surface area contributed by atoms with Crippen molar-refractivity contribution in [1.29, 1.82) is 0 Å². The van der Waals surface area contributed by atoms with Crippen molar-refractivity contribution in [3.63, 3.8) is 0 Å². The first-order valence-corrected chi connectivity index (χ1v) is 7.79. The molecule has 1 N–H and O–H groups in total. The molecule has 1 aromatic heterocycles. The number of furan rings is 1. The van der Waals surface area contributed by atoms with Crippen LogP contribution in [0.15, 0.2) is 23.0 Å². The predicted octanol–water partition coefficient (Wildman–Crippen LogP) is 2.60. The maximum absolute atomic E-state index is 12.2. The van der Waals surface area contributed by atoms with Gasteiger partial charge < -0.3 is 14.5 Å². The molecule has 1 saturated heterocycles. The van der Waals surface area contributed by atoms with E-state index in [1.165, 1.54) is 31.9 Å². The van der Waals surface area contributed by atoms with E-state index in [1.54, 1.807) is 12.3 Å². The van der Waals surface area contributed by atoms with E-state index in [4.69, 9.17) is 9.15 Å². The van der Waals surface area contributed by atoms with Crippen LogP contribution in [0, 0.1) is 17.8 Å². The van der Waals surface area contributed by atoms with Crippen LogP contribution in [-0.2, 0) is 4.74 Å². The number of amides is 1. The minimum Gasteiger partial charge on any atom is -0.472 e. The summed E-state index contributed by atoms with van der Waals surface area (Å²) in [7, 11) is 0. The summed E-state index contributed by atoms with van der Waals surface area (Å²) in [4.78, 5) is 12.2. The van der Waals surface area contributed by atoms with Crippen molar-refractivity contribution in [3.05, 3.63) is 24.2 Å². The molecule has 0 unspecified atom stereocenters. The van der Waals surface area contributed by atoms with Crippen LogP contribution >= 0.6 is 0 Å². The quantitative estimate of drug-likeness (QED) is 0.922. The number of rotatable bonds is 3. The third-order valence-corrected chi connectivity index (χ3v) is 5.46. The van der Waals surface area contributed by atoms with Crippen molar-refractivity contribution in [1.82, 2.24) is 5.32 Å². The zero-order valence-electron chi connectivity index (χ0n) is 11.6. The van der Waals surface area contributed by atoms with Gasteiger partial charge in [-0.25, -0.2) is 0 Å². The van der Waals surface area contributed by atoms with Gasteiger partial charge >= 0.3 is 0 Å². The van der Waals surface area contributed by atoms with Gasteiger partial charge in [0, 0.05) is 24.5 Å². The first kappa shape index (κ1) is 12.5. The van der Waals surface area contributed by atoms with Crippen LogP contribution < -0.4 is 5.32 Å². The van der Waals surface area contributed by atoms with Gasteiger partial charge in [-0.15, -0.1) is 0 Å². The number of carbonyl (C=O) groups excluding carboxylic acids is 1. The Morgan fingerprint density at radius 3 is 2.85 bits per heavy atom. The van der Waals surface area contributed by atoms with Crippen LogP contribution in [0.4, 0.5) is 0 Å². The van der Waals surface area contributed by atoms with Crippen molar-refractivity contribution in [2.24, 2.45) is 17.8 Å². The predicted molar refractivity (Wildman–Crippen MR) is 73.3 cm³/mol. The molecule has 1 aromatic rings. The Bertz CT molecular complexity index is 473. The molecule has 108 valence electrons. The normalized spacial score (nSPS) is 36.6. The fourth-order valence-electron chi connectivity index (χ4n) is 4.49. The zero-order chi connectivity index (χ0) is 13.5. The number of hydrogen-bond acceptors (Lipinski definition) is 3. The van der Waals surface area contributed by atoms with E-state index in [0.717, 1.165) is 18.9 Å². The molecule has 0 spiro atoms. The van der Waals surface area contributed by atoms with Crippen molar-refractivity contribution >= 4 is 5.91 Å². The van der Waals surface area contributed by atoms with Gasteiger partial charge in [-0.3, -0.25) is 4.79 Å². The largest absolute Gasteiger partial charge is 0.472 e. The SMILES string of the molecule is O=C(N[C@@H]1[C@@H]2CCO[C@@H]2[C@@H]1C1CCCC1)c1ccoc1. The van der Waals surface area contributed by atoms with Crippen LogP contribution in [0.2, 0.25) is 0 Å². The van der Waals surface area contributed by atoms with E-state index in [2.05, 4.69) is 5.32 Å². The minimum atomic E-state index is -0.00269. The Morgan fingerprint density at radius 1 is 1.25 bits per heavy atom. The molecule has 4 nitrogen and oxygen atoms in total. The smallest absolute Gasteiger partial charge is 0.254 e. The van der Waals surface area contributed by atoms with Gasteiger partial charge in [-0.05, 0) is 18.4 Å². The van der Waals surface area contributed by atoms with Crippen LogP contribution in [0.5, 0.6) is 0 Å². The molecule has 0 radical (unpaired) electrons. The van der Waals surface area contributed by atoms with E-state index >= 15 is 0 Å². The molecule has 4 heteroatoms. The highest BCUT2D eigenvalue weighted by Gasteiger charge is 2.57. The molecular weight excluding hydrogens is 254 g/mol. The van der Waals surface area contributed by atoms with Crippen molar-refractivity contribution in [3.8, 4) is 0 Å². The van der Waals surface area contributed by atoms with E-state index < -0.39 is 0 Å². The Kier molecular flexibility index (Phi) is 3.06. The Morgan fingerprint density at radius 2 is 2.10 bits per heavy atom. The molecular formula is C16H21NO3. The second-order valence-corrected chi connectivity index (χ2v) is 6.42. The molecule has 3 aliphatic rings. The van der Waals surface area contributed by atoms with Gasteiger partial charge in [-0.1, -0.05) is 25.7 Å². The summed E-state index contributed by atoms with van der Waals surface area (Å²) in [6, 6.07) is 2.02. The summed E-state index contributed by atoms with van der Waals surface area (Å²) in [5.74, 6) is 1.79. The summed E-state index contributed by atoms with van der Waals surface area (Å²) in [6.45, 7) is 0.858. The second-order valence-electron chi connectivity index (χ2n) is 6.42. The number of ether oxygens (including phenoxy) is 1. The summed E-state index contributed by atoms with van der Waals surface area (Å²) in [6.07, 6.45) is 9.82. The minimum absolute atomic E-state index is 0.00269. The highest BCUT2D eigenvalue weighted by Crippen LogP contribution is 2.51. The van der Waals surface area contributed by atoms with Gasteiger partial charge in [0.05, 0.1) is 17.9 Å². The van der Waals surface area contributed by atoms with Crippen molar-refractivity contribution < 1.29 is 13.9 Å². The second kappa shape index (κ2) is 4.92. The van der Waals surface area contributed by atoms with E-state index in [0.29, 0.717) is 29.5 Å². The third kappa shape index (κ3) is 1.89. The van der Waals surface area contributed by atoms with Crippen LogP contribution in [0.1, 0.15) is 42.5 Å². The number of carbonyl (C=O) groups is 1. The maximum Gasteiger partial charge on any atom is 0.254 e. The average Bonchev–Trinajstić information content (AvgIpc) is 3.18. The molecule has 2 heterocycles. The Balaban J connectivity index is 1.48. The van der Waals surface area contributed by atoms with E-state index in [1.807, 2.05) is 0 Å². The third-order valence-electron chi connectivity index (χ3n) is 5.46. The van der Waals surface area contributed by atoms with Gasteiger partial charge in [0.2, 0.25) is 0 Å². The fraction of sp³-hybridized carbons (Fsp3) is 0.688. The highest BCUT2D eigenvalue weighted by molar-refractivity contribution is 5.94. The first-order valence-electron chi connectivity index (χ1n) is 7.79. The maximum atomic E-state index is 12.2. The van der Waals surface area contributed by atoms with Crippen LogP contribution in [-0.4, -0.2) is 24.7 Å². The lowest BCUT2D eigenvalue weighted by Crippen LogP contribution is -2.63. The summed E-state index contributed by atoms with van der Waals surface area (Å²) in [5.41, 5.74) is 0.623. The highest BCUT2D eigenvalue weighted by atomic mass is 16.5. The molecule has 1 amide bonds. The lowest BCUT2D eigenvalue weighted by atomic mass is 9.61. The topological polar surface area (TPSA) is 51.5 Å². The van der Waals surface area contributed by atoms with E-state index in [-0.39, 0.29) is 5.91 Å². The Labute approximate surface area is 118 Å². The van der Waals surface area contributed by atoms with Gasteiger partial charge in [-0.2, -0.15) is 0 Å². The van der Waals surface area contributed by atoms with Crippen molar-refractivity contribution in [2.75, 3.05) is 6.61 Å². The van der Waals surface area contributed by atoms with Crippen LogP contribution in [0.25, 0.3) is 0 Å². The zero-order valence-corrected chi connectivity index (χ0v) is 11.6. The van der Waals surface area contributed by atoms with Crippen LogP contribution in [0.3, 0.4) is 0 Å². The molecule has 3 fully saturated rings. The van der Waals surface area contributed by atoms with E-state index in [9.17, 15) is 4.79 Å². The lowest BCUT2D eigenvalue weighted by molar-refractivity contribution is -0.0784. The summed E-state index contributed by atoms with van der Waals surface area (Å²) >= 11 is 0. The molecule has 0 bridgehead atoms. The average molecular weight is 275 g/mol. The monoisotopic (exact) mass is 275 g/mol. The molecule has 20 heavy (non-hydrogen) atoms. The first-order chi connectivity index (χ1) is 9.84. The lowest BCUT2D eigenvalue weighted by Gasteiger charge is -2.50. The Hall–Kier alpha value is -1.29. The number of hydrogen-bond donors (Lipinski definition) is 1. The fourth-order valence-corrected chi connectivity index (χ4v) is 4.49. The molecule has 4 atom stereocenters. The number of nitrogens with one attached hydrogen (secondary N) is 1. The van der Waals surface area contributed by atoms with Gasteiger partial charge in [0.25, 0.3) is 5.91 Å². The molecule has 1 aliphatic heterocycles. The van der Waals surface area contributed by atoms with Crippen molar-refractivity contribution in [2.45, 2.75) is 44.2 Å².